The summed E-state index contributed by atoms with van der Waals surface area (Å²) in [6.45, 7) is 5.59. The molecule has 2 aliphatic rings. The molecule has 2 aromatic heterocycles. The van der Waals surface area contributed by atoms with Gasteiger partial charge in [-0.05, 0) is 39.3 Å². The lowest BCUT2D eigenvalue weighted by molar-refractivity contribution is 0.0986. The van der Waals surface area contributed by atoms with Crippen LogP contribution in [0.1, 0.15) is 49.1 Å². The van der Waals surface area contributed by atoms with Gasteiger partial charge in [0.25, 0.3) is 0 Å². The van der Waals surface area contributed by atoms with Crippen LogP contribution in [0.4, 0.5) is 4.39 Å². The Kier molecular flexibility index (Phi) is 5.27. The highest BCUT2D eigenvalue weighted by atomic mass is 32.2. The molecular weight excluding hydrogens is 435 g/mol. The van der Waals surface area contributed by atoms with Crippen molar-refractivity contribution in [3.05, 3.63) is 47.4 Å². The molecule has 2 aliphatic heterocycles. The average Bonchev–Trinajstić information content (AvgIpc) is 3.18. The number of hydrogen-bond acceptors (Lipinski definition) is 9. The van der Waals surface area contributed by atoms with Crippen LogP contribution in [0.5, 0.6) is 5.88 Å². The van der Waals surface area contributed by atoms with E-state index in [2.05, 4.69) is 24.3 Å². The third-order valence-corrected chi connectivity index (χ3v) is 9.94. The molecule has 0 fully saturated rings. The SMILES string of the molecule is COc1cnc(C(=O)Cc2ccc(F)c([C@@]3(C)N=C(N)C(C)(C)[S@]4(=O)=NCC[C@H]34)n2)cn1. The predicted octanol–water partition coefficient (Wildman–Crippen LogP) is 2.05. The van der Waals surface area contributed by atoms with Crippen molar-refractivity contribution in [1.82, 2.24) is 15.0 Å². The molecule has 3 atom stereocenters. The minimum absolute atomic E-state index is 0.0110. The number of fused-ring (bicyclic) bond motifs is 1. The molecule has 11 heteroatoms. The van der Waals surface area contributed by atoms with Crippen molar-refractivity contribution in [2.45, 2.75) is 49.1 Å². The number of ether oxygens (including phenoxy) is 1. The van der Waals surface area contributed by atoms with Gasteiger partial charge >= 0.3 is 0 Å². The van der Waals surface area contributed by atoms with Crippen molar-refractivity contribution >= 4 is 21.3 Å². The van der Waals surface area contributed by atoms with Gasteiger partial charge in [-0.1, -0.05) is 0 Å². The highest BCUT2D eigenvalue weighted by Crippen LogP contribution is 2.47. The molecule has 0 aromatic carbocycles. The third kappa shape index (κ3) is 3.26. The number of ketones is 1. The van der Waals surface area contributed by atoms with Crippen LogP contribution in [0.3, 0.4) is 0 Å². The number of methoxy groups -OCH3 is 1. The second-order valence-electron chi connectivity index (χ2n) is 8.53. The quantitative estimate of drug-likeness (QED) is 0.675. The summed E-state index contributed by atoms with van der Waals surface area (Å²) >= 11 is 0. The van der Waals surface area contributed by atoms with E-state index in [4.69, 9.17) is 10.5 Å². The van der Waals surface area contributed by atoms with Crippen LogP contribution in [0.25, 0.3) is 0 Å². The molecule has 4 heterocycles. The molecule has 0 spiro atoms. The zero-order valence-electron chi connectivity index (χ0n) is 18.3. The Bertz CT molecular complexity index is 1240. The fourth-order valence-corrected chi connectivity index (χ4v) is 7.38. The fraction of sp³-hybridized carbons (Fsp3) is 0.476. The molecule has 2 N–H and O–H groups in total. The van der Waals surface area contributed by atoms with Gasteiger partial charge in [-0.25, -0.2) is 22.9 Å². The van der Waals surface area contributed by atoms with Crippen molar-refractivity contribution in [2.75, 3.05) is 13.7 Å². The summed E-state index contributed by atoms with van der Waals surface area (Å²) in [6, 6.07) is 2.68. The second kappa shape index (κ2) is 7.58. The molecule has 0 unspecified atom stereocenters. The molecule has 0 aliphatic carbocycles. The van der Waals surface area contributed by atoms with Crippen molar-refractivity contribution in [3.63, 3.8) is 0 Å². The van der Waals surface area contributed by atoms with Gasteiger partial charge in [-0.15, -0.1) is 0 Å². The number of nitrogens with zero attached hydrogens (tertiary/aromatic N) is 5. The molecule has 0 bridgehead atoms. The summed E-state index contributed by atoms with van der Waals surface area (Å²) in [5.74, 6) is -0.485. The van der Waals surface area contributed by atoms with E-state index in [0.717, 1.165) is 0 Å². The summed E-state index contributed by atoms with van der Waals surface area (Å²) in [5, 5.41) is -0.544. The first kappa shape index (κ1) is 22.3. The maximum Gasteiger partial charge on any atom is 0.232 e. The minimum atomic E-state index is -2.82. The van der Waals surface area contributed by atoms with Gasteiger partial charge in [0, 0.05) is 12.2 Å². The van der Waals surface area contributed by atoms with Crippen LogP contribution in [-0.2, 0) is 21.7 Å². The van der Waals surface area contributed by atoms with Crippen LogP contribution in [-0.4, -0.2) is 54.4 Å². The second-order valence-corrected chi connectivity index (χ2v) is 11.5. The Morgan fingerprint density at radius 1 is 1.28 bits per heavy atom. The number of amidine groups is 1. The molecule has 0 radical (unpaired) electrons. The summed E-state index contributed by atoms with van der Waals surface area (Å²) in [4.78, 5) is 29.7. The van der Waals surface area contributed by atoms with E-state index >= 15 is 4.39 Å². The zero-order chi connectivity index (χ0) is 23.3. The van der Waals surface area contributed by atoms with Crippen molar-refractivity contribution in [1.29, 1.82) is 0 Å². The van der Waals surface area contributed by atoms with E-state index in [-0.39, 0.29) is 35.3 Å². The Morgan fingerprint density at radius 2 is 2.03 bits per heavy atom. The van der Waals surface area contributed by atoms with E-state index < -0.39 is 31.1 Å². The topological polar surface area (TPSA) is 133 Å². The van der Waals surface area contributed by atoms with Gasteiger partial charge in [0.05, 0.1) is 40.9 Å². The van der Waals surface area contributed by atoms with Gasteiger partial charge in [-0.2, -0.15) is 0 Å². The summed E-state index contributed by atoms with van der Waals surface area (Å²) in [5.41, 5.74) is 5.44. The highest BCUT2D eigenvalue weighted by Gasteiger charge is 2.57. The van der Waals surface area contributed by atoms with Crippen LogP contribution in [0.2, 0.25) is 0 Å². The molecule has 0 amide bonds. The van der Waals surface area contributed by atoms with Crippen LogP contribution in [0.15, 0.2) is 33.9 Å². The number of carbonyl (C=O) groups excluding carboxylic acids is 1. The number of rotatable bonds is 5. The van der Waals surface area contributed by atoms with Crippen LogP contribution in [0, 0.1) is 5.82 Å². The number of aliphatic imine (C=N–C) groups is 1. The molecule has 4 rings (SSSR count). The standard InChI is InChI=1S/C21H25FN6O3S/c1-20(2)19(23)28-21(3,16-7-8-26-32(16,20)30)18-13(22)6-5-12(27-18)9-15(29)14-10-25-17(31-4)11-24-14/h5-6,10-11,16H,7-9H2,1-4H3,(H2,23,28)/t16-,21+,32+/m1/s1. The largest absolute Gasteiger partial charge is 0.480 e. The molecule has 9 nitrogen and oxygen atoms in total. The monoisotopic (exact) mass is 460 g/mol. The summed E-state index contributed by atoms with van der Waals surface area (Å²) < 4.78 is 37.3. The van der Waals surface area contributed by atoms with E-state index in [9.17, 15) is 9.00 Å². The first-order valence-electron chi connectivity index (χ1n) is 10.1. The van der Waals surface area contributed by atoms with Crippen LogP contribution < -0.4 is 10.5 Å². The Morgan fingerprint density at radius 3 is 2.69 bits per heavy atom. The van der Waals surface area contributed by atoms with E-state index in [1.54, 1.807) is 20.8 Å². The molecular formula is C21H25FN6O3S. The Labute approximate surface area is 185 Å². The lowest BCUT2D eigenvalue weighted by atomic mass is 9.89. The van der Waals surface area contributed by atoms with Crippen molar-refractivity contribution < 1.29 is 18.1 Å². The number of Topliss-reactive ketones (excluding diaryl/α,β-unsaturated/α-hetero) is 1. The molecule has 0 saturated heterocycles. The number of aromatic nitrogens is 3. The summed E-state index contributed by atoms with van der Waals surface area (Å²) in [6.07, 6.45) is 3.04. The normalized spacial score (nSPS) is 28.4. The van der Waals surface area contributed by atoms with E-state index in [1.807, 2.05) is 0 Å². The lowest BCUT2D eigenvalue weighted by Crippen LogP contribution is -2.58. The number of nitrogens with two attached hydrogens (primary N) is 1. The lowest BCUT2D eigenvalue weighted by Gasteiger charge is -2.44. The zero-order valence-corrected chi connectivity index (χ0v) is 19.1. The number of carbonyl (C=O) groups is 1. The van der Waals surface area contributed by atoms with E-state index in [1.165, 1.54) is 31.6 Å². The van der Waals surface area contributed by atoms with Gasteiger partial charge in [0.1, 0.15) is 33.3 Å². The van der Waals surface area contributed by atoms with Gasteiger partial charge in [0.15, 0.2) is 5.78 Å². The van der Waals surface area contributed by atoms with Gasteiger partial charge in [0.2, 0.25) is 5.88 Å². The van der Waals surface area contributed by atoms with Crippen molar-refractivity contribution in [2.24, 2.45) is 15.1 Å². The smallest absolute Gasteiger partial charge is 0.232 e. The predicted molar refractivity (Wildman–Crippen MR) is 118 cm³/mol. The molecule has 170 valence electrons. The first-order chi connectivity index (χ1) is 15.0. The highest BCUT2D eigenvalue weighted by molar-refractivity contribution is 7.96. The molecule has 32 heavy (non-hydrogen) atoms. The van der Waals surface area contributed by atoms with Gasteiger partial charge in [-0.3, -0.25) is 14.8 Å². The summed E-state index contributed by atoms with van der Waals surface area (Å²) in [7, 11) is -1.36. The number of halogens is 1. The fourth-order valence-electron chi connectivity index (χ4n) is 4.23. The van der Waals surface area contributed by atoms with Crippen molar-refractivity contribution in [3.8, 4) is 5.88 Å². The Balaban J connectivity index is 1.73. The molecule has 2 aromatic rings. The maximum absolute atomic E-state index is 15.0. The Hall–Kier alpha value is -2.95. The maximum atomic E-state index is 15.0. The number of hydrogen-bond donors (Lipinski definition) is 1. The first-order valence-corrected chi connectivity index (χ1v) is 11.7. The van der Waals surface area contributed by atoms with E-state index in [0.29, 0.717) is 18.7 Å². The van der Waals surface area contributed by atoms with Crippen LogP contribution >= 0.6 is 0 Å². The minimum Gasteiger partial charge on any atom is -0.480 e. The average molecular weight is 461 g/mol. The molecule has 0 saturated carbocycles. The third-order valence-electron chi connectivity index (χ3n) is 6.24. The number of pyridine rings is 1. The van der Waals surface area contributed by atoms with Gasteiger partial charge < -0.3 is 10.5 Å².